The lowest BCUT2D eigenvalue weighted by molar-refractivity contribution is 0.0923. The van der Waals surface area contributed by atoms with E-state index in [1.54, 1.807) is 0 Å². The van der Waals surface area contributed by atoms with Crippen LogP contribution in [0.2, 0.25) is 0 Å². The van der Waals surface area contributed by atoms with E-state index in [0.29, 0.717) is 5.75 Å². The molecule has 0 N–H and O–H groups in total. The van der Waals surface area contributed by atoms with Crippen LogP contribution in [-0.4, -0.2) is 22.5 Å². The topological polar surface area (TPSA) is 53.4 Å². The number of benzene rings is 2. The Morgan fingerprint density at radius 3 is 2.57 bits per heavy atom. The van der Waals surface area contributed by atoms with Crippen LogP contribution in [0.15, 0.2) is 54.6 Å². The lowest BCUT2D eigenvalue weighted by atomic mass is 10.1. The van der Waals surface area contributed by atoms with Crippen molar-refractivity contribution in [2.75, 3.05) is 6.79 Å². The Kier molecular flexibility index (Phi) is 3.12. The molecule has 0 bridgehead atoms. The second kappa shape index (κ2) is 5.28. The molecule has 0 unspecified atom stereocenters. The van der Waals surface area contributed by atoms with Crippen LogP contribution in [0.5, 0.6) is 11.5 Å². The third kappa shape index (κ3) is 2.36. The predicted molar refractivity (Wildman–Crippen MR) is 85.5 cm³/mol. The normalized spacial score (nSPS) is 12.4. The van der Waals surface area contributed by atoms with Gasteiger partial charge in [-0.1, -0.05) is 30.3 Å². The Labute approximate surface area is 133 Å². The quantitative estimate of drug-likeness (QED) is 0.726. The van der Waals surface area contributed by atoms with Gasteiger partial charge in [-0.3, -0.25) is 4.79 Å². The second-order valence-corrected chi connectivity index (χ2v) is 5.28. The fraction of sp³-hybridized carbons (Fsp3) is 0.111. The van der Waals surface area contributed by atoms with Crippen LogP contribution in [0.4, 0.5) is 0 Å². The molecule has 1 aliphatic heterocycles. The van der Waals surface area contributed by atoms with Crippen molar-refractivity contribution in [3.63, 3.8) is 0 Å². The minimum atomic E-state index is -0.129. The maximum Gasteiger partial charge on any atom is 0.244 e. The molecular formula is C18H14N2O3. The molecule has 0 spiro atoms. The van der Waals surface area contributed by atoms with E-state index in [1.165, 1.54) is 11.6 Å². The number of hydrogen-bond donors (Lipinski definition) is 0. The van der Waals surface area contributed by atoms with Crippen molar-refractivity contribution in [2.24, 2.45) is 0 Å². The van der Waals surface area contributed by atoms with Gasteiger partial charge in [-0.05, 0) is 24.3 Å². The minimum absolute atomic E-state index is 0.129. The van der Waals surface area contributed by atoms with Crippen LogP contribution >= 0.6 is 0 Å². The van der Waals surface area contributed by atoms with E-state index in [0.717, 1.165) is 28.3 Å². The standard InChI is InChI=1S/C18H14N2O3/c1-12(21)20-16(13-5-3-2-4-6-13)10-15(19-20)14-7-8-17-18(9-14)23-11-22-17/h2-10H,11H2,1H3. The van der Waals surface area contributed by atoms with Gasteiger partial charge in [0.05, 0.1) is 11.4 Å². The molecule has 2 aromatic carbocycles. The maximum absolute atomic E-state index is 11.9. The number of aromatic nitrogens is 2. The molecule has 4 rings (SSSR count). The minimum Gasteiger partial charge on any atom is -0.454 e. The smallest absolute Gasteiger partial charge is 0.244 e. The number of hydrogen-bond acceptors (Lipinski definition) is 4. The Hall–Kier alpha value is -3.08. The van der Waals surface area contributed by atoms with Gasteiger partial charge in [0.15, 0.2) is 11.5 Å². The Morgan fingerprint density at radius 1 is 1.00 bits per heavy atom. The molecule has 3 aromatic rings. The molecule has 114 valence electrons. The van der Waals surface area contributed by atoms with Crippen molar-refractivity contribution >= 4 is 5.91 Å². The second-order valence-electron chi connectivity index (χ2n) is 5.28. The summed E-state index contributed by atoms with van der Waals surface area (Å²) in [4.78, 5) is 11.9. The molecule has 0 aliphatic carbocycles. The van der Waals surface area contributed by atoms with Gasteiger partial charge in [0, 0.05) is 18.1 Å². The highest BCUT2D eigenvalue weighted by atomic mass is 16.7. The lowest BCUT2D eigenvalue weighted by Crippen LogP contribution is -2.09. The van der Waals surface area contributed by atoms with Crippen molar-refractivity contribution in [2.45, 2.75) is 6.92 Å². The van der Waals surface area contributed by atoms with Gasteiger partial charge in [-0.2, -0.15) is 9.78 Å². The van der Waals surface area contributed by atoms with E-state index >= 15 is 0 Å². The first kappa shape index (κ1) is 13.6. The van der Waals surface area contributed by atoms with E-state index in [2.05, 4.69) is 5.10 Å². The van der Waals surface area contributed by atoms with Crippen LogP contribution < -0.4 is 9.47 Å². The fourth-order valence-corrected chi connectivity index (χ4v) is 2.63. The molecular weight excluding hydrogens is 292 g/mol. The molecule has 1 aliphatic rings. The summed E-state index contributed by atoms with van der Waals surface area (Å²) in [5, 5.41) is 4.45. The summed E-state index contributed by atoms with van der Waals surface area (Å²) >= 11 is 0. The highest BCUT2D eigenvalue weighted by Gasteiger charge is 2.18. The summed E-state index contributed by atoms with van der Waals surface area (Å²) in [5.74, 6) is 1.29. The van der Waals surface area contributed by atoms with E-state index < -0.39 is 0 Å². The molecule has 0 amide bonds. The van der Waals surface area contributed by atoms with E-state index in [4.69, 9.17) is 9.47 Å². The van der Waals surface area contributed by atoms with Crippen LogP contribution in [0.1, 0.15) is 11.7 Å². The Morgan fingerprint density at radius 2 is 1.78 bits per heavy atom. The van der Waals surface area contributed by atoms with E-state index in [1.807, 2.05) is 54.6 Å². The van der Waals surface area contributed by atoms with Gasteiger partial charge in [0.1, 0.15) is 0 Å². The average molecular weight is 306 g/mol. The number of fused-ring (bicyclic) bond motifs is 1. The Balaban J connectivity index is 1.83. The lowest BCUT2D eigenvalue weighted by Gasteiger charge is -2.02. The van der Waals surface area contributed by atoms with Crippen molar-refractivity contribution < 1.29 is 14.3 Å². The van der Waals surface area contributed by atoms with Crippen molar-refractivity contribution in [1.82, 2.24) is 9.78 Å². The van der Waals surface area contributed by atoms with E-state index in [-0.39, 0.29) is 12.7 Å². The molecule has 1 aromatic heterocycles. The fourth-order valence-electron chi connectivity index (χ4n) is 2.63. The van der Waals surface area contributed by atoms with Gasteiger partial charge < -0.3 is 9.47 Å². The first-order valence-electron chi connectivity index (χ1n) is 7.29. The zero-order valence-electron chi connectivity index (χ0n) is 12.5. The van der Waals surface area contributed by atoms with Crippen LogP contribution in [0.3, 0.4) is 0 Å². The molecule has 0 radical (unpaired) electrons. The summed E-state index contributed by atoms with van der Waals surface area (Å²) in [6.07, 6.45) is 0. The maximum atomic E-state index is 11.9. The average Bonchev–Trinajstić information content (AvgIpc) is 3.22. The van der Waals surface area contributed by atoms with Crippen LogP contribution in [0, 0.1) is 0 Å². The molecule has 0 fully saturated rings. The number of nitrogens with zero attached hydrogens (tertiary/aromatic N) is 2. The highest BCUT2D eigenvalue weighted by Crippen LogP contribution is 2.36. The molecule has 5 heteroatoms. The predicted octanol–water partition coefficient (Wildman–Crippen LogP) is 3.61. The van der Waals surface area contributed by atoms with Crippen LogP contribution in [-0.2, 0) is 0 Å². The highest BCUT2D eigenvalue weighted by molar-refractivity contribution is 5.83. The largest absolute Gasteiger partial charge is 0.454 e. The summed E-state index contributed by atoms with van der Waals surface area (Å²) < 4.78 is 12.2. The van der Waals surface area contributed by atoms with Crippen molar-refractivity contribution in [3.8, 4) is 34.0 Å². The molecule has 0 atom stereocenters. The van der Waals surface area contributed by atoms with Gasteiger partial charge in [0.2, 0.25) is 12.7 Å². The third-order valence-electron chi connectivity index (χ3n) is 3.75. The molecule has 0 saturated heterocycles. The van der Waals surface area contributed by atoms with E-state index in [9.17, 15) is 4.79 Å². The summed E-state index contributed by atoms with van der Waals surface area (Å²) in [6.45, 7) is 1.73. The first-order valence-corrected chi connectivity index (χ1v) is 7.29. The zero-order valence-corrected chi connectivity index (χ0v) is 12.5. The summed E-state index contributed by atoms with van der Waals surface area (Å²) in [6, 6.07) is 17.3. The summed E-state index contributed by atoms with van der Waals surface area (Å²) in [7, 11) is 0. The van der Waals surface area contributed by atoms with Crippen molar-refractivity contribution in [3.05, 3.63) is 54.6 Å². The molecule has 2 heterocycles. The molecule has 5 nitrogen and oxygen atoms in total. The summed E-state index contributed by atoms with van der Waals surface area (Å²) in [5.41, 5.74) is 3.32. The van der Waals surface area contributed by atoms with Crippen LogP contribution in [0.25, 0.3) is 22.5 Å². The first-order chi connectivity index (χ1) is 11.2. The van der Waals surface area contributed by atoms with Gasteiger partial charge in [-0.25, -0.2) is 0 Å². The molecule has 0 saturated carbocycles. The zero-order chi connectivity index (χ0) is 15.8. The van der Waals surface area contributed by atoms with Gasteiger partial charge >= 0.3 is 0 Å². The van der Waals surface area contributed by atoms with Gasteiger partial charge in [0.25, 0.3) is 0 Å². The van der Waals surface area contributed by atoms with Gasteiger partial charge in [-0.15, -0.1) is 0 Å². The SMILES string of the molecule is CC(=O)n1nc(-c2ccc3c(c2)OCO3)cc1-c1ccccc1. The molecule has 23 heavy (non-hydrogen) atoms. The van der Waals surface area contributed by atoms with Crippen molar-refractivity contribution in [1.29, 1.82) is 0 Å². The third-order valence-corrected chi connectivity index (χ3v) is 3.75. The number of rotatable bonds is 2. The Bertz CT molecular complexity index is 885. The monoisotopic (exact) mass is 306 g/mol. The number of carbonyl (C=O) groups is 1. The number of carbonyl (C=O) groups excluding carboxylic acids is 1. The number of ether oxygens (including phenoxy) is 2.